The van der Waals surface area contributed by atoms with Crippen molar-refractivity contribution in [1.82, 2.24) is 0 Å². The number of hydrogen-bond donors (Lipinski definition) is 2. The lowest BCUT2D eigenvalue weighted by Gasteiger charge is -2.02. The van der Waals surface area contributed by atoms with Gasteiger partial charge in [0.25, 0.3) is 0 Å². The van der Waals surface area contributed by atoms with Crippen LogP contribution in [0.5, 0.6) is 0 Å². The molecule has 1 amide bonds. The number of aromatic carboxylic acids is 1. The van der Waals surface area contributed by atoms with E-state index < -0.39 is 11.9 Å². The molecule has 0 aliphatic carbocycles. The molecule has 3 rings (SSSR count). The Morgan fingerprint density at radius 3 is 2.48 bits per heavy atom. The van der Waals surface area contributed by atoms with Crippen molar-refractivity contribution in [1.29, 1.82) is 0 Å². The van der Waals surface area contributed by atoms with Gasteiger partial charge in [0.05, 0.1) is 16.5 Å². The molecule has 0 unspecified atom stereocenters. The number of carbonyl (C=O) groups is 2. The number of fused-ring (bicyclic) bond motifs is 1. The second-order valence-electron chi connectivity index (χ2n) is 5.22. The zero-order chi connectivity index (χ0) is 17.8. The van der Waals surface area contributed by atoms with Gasteiger partial charge in [-0.1, -0.05) is 12.1 Å². The minimum absolute atomic E-state index is 0.127. The van der Waals surface area contributed by atoms with Gasteiger partial charge in [-0.3, -0.25) is 9.59 Å². The fourth-order valence-corrected chi connectivity index (χ4v) is 2.25. The Labute approximate surface area is 142 Å². The summed E-state index contributed by atoms with van der Waals surface area (Å²) in [5.41, 5.74) is 1.09. The monoisotopic (exact) mass is 335 g/mol. The highest BCUT2D eigenvalue weighted by molar-refractivity contribution is 6.02. The summed E-state index contributed by atoms with van der Waals surface area (Å²) in [5, 5.41) is 11.9. The van der Waals surface area contributed by atoms with Gasteiger partial charge in [-0.05, 0) is 42.5 Å². The first kappa shape index (κ1) is 16.2. The molecule has 124 valence electrons. The van der Waals surface area contributed by atoms with E-state index in [-0.39, 0.29) is 16.6 Å². The summed E-state index contributed by atoms with van der Waals surface area (Å²) in [4.78, 5) is 35.0. The summed E-state index contributed by atoms with van der Waals surface area (Å²) in [5.74, 6) is -1.49. The van der Waals surface area contributed by atoms with Crippen LogP contribution in [0.25, 0.3) is 17.0 Å². The van der Waals surface area contributed by atoms with E-state index in [9.17, 15) is 14.4 Å². The van der Waals surface area contributed by atoms with E-state index in [1.807, 2.05) is 0 Å². The van der Waals surface area contributed by atoms with E-state index in [0.29, 0.717) is 16.7 Å². The number of carboxylic acid groups (broad SMARTS) is 1. The number of carbonyl (C=O) groups excluding carboxylic acids is 1. The molecule has 0 fully saturated rings. The van der Waals surface area contributed by atoms with E-state index in [0.717, 1.165) is 0 Å². The lowest BCUT2D eigenvalue weighted by Crippen LogP contribution is -2.09. The van der Waals surface area contributed by atoms with Crippen molar-refractivity contribution in [2.45, 2.75) is 0 Å². The molecule has 1 aromatic heterocycles. The van der Waals surface area contributed by atoms with Crippen LogP contribution in [-0.2, 0) is 4.79 Å². The van der Waals surface area contributed by atoms with Crippen molar-refractivity contribution in [3.63, 3.8) is 0 Å². The Morgan fingerprint density at radius 2 is 1.76 bits per heavy atom. The van der Waals surface area contributed by atoms with Crippen molar-refractivity contribution in [2.75, 3.05) is 5.32 Å². The molecular weight excluding hydrogens is 322 g/mol. The van der Waals surface area contributed by atoms with Crippen LogP contribution in [0.3, 0.4) is 0 Å². The largest absolute Gasteiger partial charge is 0.478 e. The Hall–Kier alpha value is -3.67. The SMILES string of the molecule is O=C(/C=C/c1coc2ccccc2c1=O)Nc1ccc(C(=O)O)cc1. The van der Waals surface area contributed by atoms with E-state index in [1.54, 1.807) is 24.3 Å². The van der Waals surface area contributed by atoms with Crippen molar-refractivity contribution in [3.05, 3.63) is 82.2 Å². The fourth-order valence-electron chi connectivity index (χ4n) is 2.25. The van der Waals surface area contributed by atoms with Crippen LogP contribution in [-0.4, -0.2) is 17.0 Å². The highest BCUT2D eigenvalue weighted by Crippen LogP contribution is 2.12. The van der Waals surface area contributed by atoms with Gasteiger partial charge in [0.1, 0.15) is 11.8 Å². The summed E-state index contributed by atoms with van der Waals surface area (Å²) in [6.45, 7) is 0. The number of rotatable bonds is 4. The highest BCUT2D eigenvalue weighted by atomic mass is 16.4. The number of carboxylic acids is 1. The first-order chi connectivity index (χ1) is 12.0. The van der Waals surface area contributed by atoms with Crippen LogP contribution in [0.15, 0.2) is 70.1 Å². The third-order valence-electron chi connectivity index (χ3n) is 3.52. The molecule has 0 atom stereocenters. The molecule has 0 bridgehead atoms. The third-order valence-corrected chi connectivity index (χ3v) is 3.52. The van der Waals surface area contributed by atoms with Crippen LogP contribution in [0.1, 0.15) is 15.9 Å². The number of hydrogen-bond acceptors (Lipinski definition) is 4. The van der Waals surface area contributed by atoms with Crippen LogP contribution >= 0.6 is 0 Å². The Bertz CT molecular complexity index is 1030. The van der Waals surface area contributed by atoms with Gasteiger partial charge in [-0.2, -0.15) is 0 Å². The van der Waals surface area contributed by atoms with Gasteiger partial charge < -0.3 is 14.8 Å². The highest BCUT2D eigenvalue weighted by Gasteiger charge is 2.05. The van der Waals surface area contributed by atoms with Crippen LogP contribution in [0, 0.1) is 0 Å². The Morgan fingerprint density at radius 1 is 1.04 bits per heavy atom. The zero-order valence-electron chi connectivity index (χ0n) is 12.9. The fraction of sp³-hybridized carbons (Fsp3) is 0. The maximum atomic E-state index is 12.3. The molecular formula is C19H13NO5. The predicted octanol–water partition coefficient (Wildman–Crippen LogP) is 3.14. The van der Waals surface area contributed by atoms with Crippen LogP contribution in [0.4, 0.5) is 5.69 Å². The smallest absolute Gasteiger partial charge is 0.335 e. The Balaban J connectivity index is 1.75. The van der Waals surface area contributed by atoms with Crippen molar-refractivity contribution in [2.24, 2.45) is 0 Å². The number of benzene rings is 2. The van der Waals surface area contributed by atoms with Gasteiger partial charge in [0.2, 0.25) is 5.91 Å². The van der Waals surface area contributed by atoms with Gasteiger partial charge in [0, 0.05) is 11.8 Å². The number of amides is 1. The van der Waals surface area contributed by atoms with Crippen molar-refractivity contribution < 1.29 is 19.1 Å². The number of nitrogens with one attached hydrogen (secondary N) is 1. The van der Waals surface area contributed by atoms with Gasteiger partial charge in [0.15, 0.2) is 5.43 Å². The molecule has 0 aliphatic heterocycles. The molecule has 1 heterocycles. The second-order valence-corrected chi connectivity index (χ2v) is 5.22. The molecule has 2 aromatic carbocycles. The van der Waals surface area contributed by atoms with Crippen molar-refractivity contribution in [3.8, 4) is 0 Å². The molecule has 0 aliphatic rings. The second kappa shape index (κ2) is 6.84. The maximum Gasteiger partial charge on any atom is 0.335 e. The normalized spacial score (nSPS) is 10.9. The van der Waals surface area contributed by atoms with E-state index >= 15 is 0 Å². The molecule has 0 saturated heterocycles. The molecule has 6 heteroatoms. The third kappa shape index (κ3) is 3.64. The summed E-state index contributed by atoms with van der Waals surface area (Å²) >= 11 is 0. The minimum Gasteiger partial charge on any atom is -0.478 e. The molecule has 3 aromatic rings. The van der Waals surface area contributed by atoms with Gasteiger partial charge in [-0.25, -0.2) is 4.79 Å². The van der Waals surface area contributed by atoms with Crippen LogP contribution in [0.2, 0.25) is 0 Å². The zero-order valence-corrected chi connectivity index (χ0v) is 12.9. The summed E-state index contributed by atoms with van der Waals surface area (Å²) in [7, 11) is 0. The number of anilines is 1. The van der Waals surface area contributed by atoms with Crippen molar-refractivity contribution >= 4 is 34.6 Å². The maximum absolute atomic E-state index is 12.3. The number of para-hydroxylation sites is 1. The van der Waals surface area contributed by atoms with E-state index in [2.05, 4.69) is 5.32 Å². The molecule has 0 spiro atoms. The van der Waals surface area contributed by atoms with E-state index in [4.69, 9.17) is 9.52 Å². The quantitative estimate of drug-likeness (QED) is 0.714. The first-order valence-electron chi connectivity index (χ1n) is 7.37. The lowest BCUT2D eigenvalue weighted by atomic mass is 10.1. The van der Waals surface area contributed by atoms with Crippen LogP contribution < -0.4 is 10.7 Å². The predicted molar refractivity (Wildman–Crippen MR) is 93.5 cm³/mol. The minimum atomic E-state index is -1.04. The molecule has 25 heavy (non-hydrogen) atoms. The Kier molecular flexibility index (Phi) is 4.43. The summed E-state index contributed by atoms with van der Waals surface area (Å²) < 4.78 is 5.37. The molecule has 6 nitrogen and oxygen atoms in total. The molecule has 0 radical (unpaired) electrons. The molecule has 2 N–H and O–H groups in total. The molecule has 0 saturated carbocycles. The first-order valence-corrected chi connectivity index (χ1v) is 7.37. The summed E-state index contributed by atoms with van der Waals surface area (Å²) in [6, 6.07) is 12.6. The summed E-state index contributed by atoms with van der Waals surface area (Å²) in [6.07, 6.45) is 3.89. The van der Waals surface area contributed by atoms with E-state index in [1.165, 1.54) is 42.7 Å². The topological polar surface area (TPSA) is 96.6 Å². The van der Waals surface area contributed by atoms with Gasteiger partial charge in [-0.15, -0.1) is 0 Å². The average Bonchev–Trinajstić information content (AvgIpc) is 2.62. The average molecular weight is 335 g/mol. The van der Waals surface area contributed by atoms with Gasteiger partial charge >= 0.3 is 5.97 Å². The lowest BCUT2D eigenvalue weighted by molar-refractivity contribution is -0.111. The standard InChI is InChI=1S/C19H13NO5/c21-17(20-14-8-5-12(6-9-14)19(23)24)10-7-13-11-25-16-4-2-1-3-15(16)18(13)22/h1-11H,(H,20,21)(H,23,24)/b10-7+.